The lowest BCUT2D eigenvalue weighted by molar-refractivity contribution is 0.0581. The molecule has 3 rings (SSSR count). The minimum Gasteiger partial charge on any atom is -0.504 e. The van der Waals surface area contributed by atoms with Gasteiger partial charge in [0, 0.05) is 18.3 Å². The lowest BCUT2D eigenvalue weighted by Gasteiger charge is -2.22. The summed E-state index contributed by atoms with van der Waals surface area (Å²) in [4.78, 5) is 14.2. The smallest absolute Gasteiger partial charge is 0.258 e. The Balaban J connectivity index is 1.95. The van der Waals surface area contributed by atoms with Crippen LogP contribution in [0.1, 0.15) is 23.2 Å². The number of benzene rings is 1. The first-order valence-corrected chi connectivity index (χ1v) is 6.20. The molecule has 0 unspecified atom stereocenters. The van der Waals surface area contributed by atoms with Crippen molar-refractivity contribution >= 4 is 11.6 Å². The van der Waals surface area contributed by atoms with Crippen LogP contribution in [-0.4, -0.2) is 41.9 Å². The molecule has 0 aliphatic carbocycles. The van der Waals surface area contributed by atoms with Gasteiger partial charge in [0.25, 0.3) is 5.91 Å². The van der Waals surface area contributed by atoms with Gasteiger partial charge in [0.15, 0.2) is 17.2 Å². The molecule has 0 aromatic heterocycles. The van der Waals surface area contributed by atoms with Crippen molar-refractivity contribution in [1.29, 1.82) is 0 Å². The fourth-order valence-electron chi connectivity index (χ4n) is 2.60. The Kier molecular flexibility index (Phi) is 2.56. The van der Waals surface area contributed by atoms with Crippen LogP contribution in [0.3, 0.4) is 0 Å². The van der Waals surface area contributed by atoms with Crippen molar-refractivity contribution in [3.05, 3.63) is 17.7 Å². The van der Waals surface area contributed by atoms with E-state index in [-0.39, 0.29) is 23.1 Å². The molecule has 1 aromatic carbocycles. The number of likely N-dealkylation sites (tertiary alicyclic amines) is 1. The van der Waals surface area contributed by atoms with Crippen LogP contribution in [0.5, 0.6) is 11.5 Å². The van der Waals surface area contributed by atoms with Gasteiger partial charge in [0.05, 0.1) is 19.3 Å². The molecular weight excluding hydrogens is 248 g/mol. The fraction of sp³-hybridized carbons (Fsp3) is 0.462. The Morgan fingerprint density at radius 1 is 1.58 bits per heavy atom. The van der Waals surface area contributed by atoms with Gasteiger partial charge in [-0.15, -0.1) is 0 Å². The maximum atomic E-state index is 12.5. The molecule has 1 atom stereocenters. The molecule has 2 aliphatic heterocycles. The van der Waals surface area contributed by atoms with Crippen molar-refractivity contribution in [3.8, 4) is 11.5 Å². The number of ether oxygens (including phenoxy) is 2. The van der Waals surface area contributed by atoms with Crippen LogP contribution in [-0.2, 0) is 4.74 Å². The molecule has 2 aliphatic rings. The zero-order valence-corrected chi connectivity index (χ0v) is 10.7. The van der Waals surface area contributed by atoms with Crippen LogP contribution in [0.2, 0.25) is 0 Å². The van der Waals surface area contributed by atoms with Gasteiger partial charge >= 0.3 is 0 Å². The number of rotatable bonds is 2. The second kappa shape index (κ2) is 4.03. The highest BCUT2D eigenvalue weighted by molar-refractivity contribution is 6.00. The molecule has 0 saturated carbocycles. The van der Waals surface area contributed by atoms with E-state index in [2.05, 4.69) is 0 Å². The van der Waals surface area contributed by atoms with Crippen LogP contribution in [0.15, 0.2) is 12.1 Å². The Hall–Kier alpha value is -1.95. The summed E-state index contributed by atoms with van der Waals surface area (Å²) in [7, 11) is 1.43. The van der Waals surface area contributed by atoms with Crippen LogP contribution in [0.25, 0.3) is 0 Å². The SMILES string of the molecule is COc1cc(C(=O)N2CCC[C@@]23CO3)c(N)cc1O. The number of nitrogen functional groups attached to an aromatic ring is 1. The van der Waals surface area contributed by atoms with E-state index in [9.17, 15) is 9.90 Å². The number of hydrogen-bond donors (Lipinski definition) is 2. The second-order valence-corrected chi connectivity index (χ2v) is 4.91. The molecule has 0 bridgehead atoms. The van der Waals surface area contributed by atoms with Gasteiger partial charge in [0.1, 0.15) is 0 Å². The van der Waals surface area contributed by atoms with Gasteiger partial charge in [-0.2, -0.15) is 0 Å². The lowest BCUT2D eigenvalue weighted by Crippen LogP contribution is -2.38. The van der Waals surface area contributed by atoms with Gasteiger partial charge in [-0.3, -0.25) is 4.79 Å². The Labute approximate surface area is 110 Å². The average molecular weight is 264 g/mol. The van der Waals surface area contributed by atoms with Crippen LogP contribution >= 0.6 is 0 Å². The number of methoxy groups -OCH3 is 1. The predicted molar refractivity (Wildman–Crippen MR) is 68.0 cm³/mol. The molecule has 1 spiro atoms. The highest BCUT2D eigenvalue weighted by Gasteiger charge is 2.55. The fourth-order valence-corrected chi connectivity index (χ4v) is 2.60. The maximum Gasteiger partial charge on any atom is 0.258 e. The number of nitrogens with zero attached hydrogens (tertiary/aromatic N) is 1. The number of epoxide rings is 1. The van der Waals surface area contributed by atoms with E-state index >= 15 is 0 Å². The van der Waals surface area contributed by atoms with E-state index in [1.165, 1.54) is 19.2 Å². The van der Waals surface area contributed by atoms with Gasteiger partial charge in [-0.05, 0) is 18.9 Å². The third kappa shape index (κ3) is 1.79. The number of anilines is 1. The summed E-state index contributed by atoms with van der Waals surface area (Å²) < 4.78 is 10.4. The first-order chi connectivity index (χ1) is 9.07. The van der Waals surface area contributed by atoms with Gasteiger partial charge in [-0.1, -0.05) is 0 Å². The maximum absolute atomic E-state index is 12.5. The first kappa shape index (κ1) is 12.1. The molecule has 1 amide bonds. The summed E-state index contributed by atoms with van der Waals surface area (Å²) in [5.41, 5.74) is 5.99. The highest BCUT2D eigenvalue weighted by Crippen LogP contribution is 2.43. The molecule has 2 saturated heterocycles. The Morgan fingerprint density at radius 3 is 2.95 bits per heavy atom. The van der Waals surface area contributed by atoms with Crippen LogP contribution in [0, 0.1) is 0 Å². The number of amides is 1. The summed E-state index contributed by atoms with van der Waals surface area (Å²) in [6, 6.07) is 2.81. The third-order valence-electron chi connectivity index (χ3n) is 3.75. The number of hydrogen-bond acceptors (Lipinski definition) is 5. The molecule has 102 valence electrons. The number of carbonyl (C=O) groups is 1. The second-order valence-electron chi connectivity index (χ2n) is 4.91. The summed E-state index contributed by atoms with van der Waals surface area (Å²) in [6.07, 6.45) is 1.80. The third-order valence-corrected chi connectivity index (χ3v) is 3.75. The van der Waals surface area contributed by atoms with Crippen molar-refractivity contribution in [2.45, 2.75) is 18.6 Å². The van der Waals surface area contributed by atoms with E-state index < -0.39 is 5.72 Å². The van der Waals surface area contributed by atoms with E-state index in [0.717, 1.165) is 12.8 Å². The number of phenolic OH excluding ortho intramolecular Hbond substituents is 1. The summed E-state index contributed by atoms with van der Waals surface area (Å²) in [5, 5.41) is 9.62. The van der Waals surface area contributed by atoms with Gasteiger partial charge < -0.3 is 25.2 Å². The van der Waals surface area contributed by atoms with Crippen molar-refractivity contribution in [2.75, 3.05) is 26.0 Å². The molecule has 1 aromatic rings. The molecule has 2 heterocycles. The van der Waals surface area contributed by atoms with E-state index in [1.54, 1.807) is 4.90 Å². The van der Waals surface area contributed by atoms with Gasteiger partial charge in [0.2, 0.25) is 0 Å². The largest absolute Gasteiger partial charge is 0.504 e. The minimum atomic E-state index is -0.408. The quantitative estimate of drug-likeness (QED) is 0.613. The molecule has 3 N–H and O–H groups in total. The topological polar surface area (TPSA) is 88.3 Å². The van der Waals surface area contributed by atoms with Crippen molar-refractivity contribution < 1.29 is 19.4 Å². The molecule has 2 fully saturated rings. The highest BCUT2D eigenvalue weighted by atomic mass is 16.6. The summed E-state index contributed by atoms with van der Waals surface area (Å²) in [5.74, 6) is -0.0105. The van der Waals surface area contributed by atoms with Crippen molar-refractivity contribution in [2.24, 2.45) is 0 Å². The van der Waals surface area contributed by atoms with Crippen molar-refractivity contribution in [3.63, 3.8) is 0 Å². The number of nitrogens with two attached hydrogens (primary N) is 1. The first-order valence-electron chi connectivity index (χ1n) is 6.20. The zero-order valence-electron chi connectivity index (χ0n) is 10.7. The number of phenols is 1. The number of carbonyl (C=O) groups excluding carboxylic acids is 1. The minimum absolute atomic E-state index is 0.0737. The van der Waals surface area contributed by atoms with Crippen molar-refractivity contribution in [1.82, 2.24) is 4.90 Å². The van der Waals surface area contributed by atoms with E-state index in [4.69, 9.17) is 15.2 Å². The summed E-state index contributed by atoms with van der Waals surface area (Å²) >= 11 is 0. The predicted octanol–water partition coefficient (Wildman–Crippen LogP) is 0.945. The normalized spacial score (nSPS) is 24.8. The van der Waals surface area contributed by atoms with Crippen LogP contribution < -0.4 is 10.5 Å². The molecule has 6 heteroatoms. The van der Waals surface area contributed by atoms with Gasteiger partial charge in [-0.25, -0.2) is 0 Å². The molecular formula is C13H16N2O4. The Morgan fingerprint density at radius 2 is 2.32 bits per heavy atom. The zero-order chi connectivity index (χ0) is 13.6. The summed E-state index contributed by atoms with van der Waals surface area (Å²) in [6.45, 7) is 1.26. The molecule has 0 radical (unpaired) electrons. The Bertz CT molecular complexity index is 540. The standard InChI is InChI=1S/C13H16N2O4/c1-18-11-5-8(9(14)6-10(11)16)12(17)15-4-2-3-13(15)7-19-13/h5-6,16H,2-4,7,14H2,1H3/t13-/m1/s1. The number of aromatic hydroxyl groups is 1. The average Bonchev–Trinajstić information content (AvgIpc) is 3.01. The molecule has 6 nitrogen and oxygen atoms in total. The monoisotopic (exact) mass is 264 g/mol. The van der Waals surface area contributed by atoms with Crippen LogP contribution in [0.4, 0.5) is 5.69 Å². The van der Waals surface area contributed by atoms with E-state index in [0.29, 0.717) is 18.7 Å². The lowest BCUT2D eigenvalue weighted by atomic mass is 10.1. The molecule has 19 heavy (non-hydrogen) atoms. The van der Waals surface area contributed by atoms with E-state index in [1.807, 2.05) is 0 Å².